The first-order valence-electron chi connectivity index (χ1n) is 8.34. The molecule has 0 radical (unpaired) electrons. The van der Waals surface area contributed by atoms with E-state index < -0.39 is 0 Å². The second-order valence-electron chi connectivity index (χ2n) is 6.26. The number of H-pyrrole nitrogens is 1. The third-order valence-corrected chi connectivity index (χ3v) is 6.50. The van der Waals surface area contributed by atoms with Gasteiger partial charge in [0.1, 0.15) is 9.88 Å². The Morgan fingerprint density at radius 1 is 1.12 bits per heavy atom. The van der Waals surface area contributed by atoms with Gasteiger partial charge >= 0.3 is 0 Å². The molecule has 1 aliphatic rings. The van der Waals surface area contributed by atoms with Crippen molar-refractivity contribution < 1.29 is 4.79 Å². The smallest absolute Gasteiger partial charge is 0.270 e. The molecule has 2 aromatic heterocycles. The van der Waals surface area contributed by atoms with E-state index in [-0.39, 0.29) is 5.91 Å². The Bertz CT molecular complexity index is 1130. The highest BCUT2D eigenvalue weighted by Crippen LogP contribution is 2.34. The first-order valence-corrected chi connectivity index (χ1v) is 10.2. The highest BCUT2D eigenvalue weighted by molar-refractivity contribution is 14.1. The van der Waals surface area contributed by atoms with Gasteiger partial charge in [-0.1, -0.05) is 12.1 Å². The summed E-state index contributed by atoms with van der Waals surface area (Å²) in [6.07, 6.45) is 2.70. The second kappa shape index (κ2) is 6.21. The number of carbonyl (C=O) groups is 1. The number of fused-ring (bicyclic) bond motifs is 2. The first kappa shape index (κ1) is 16.0. The molecule has 0 saturated carbocycles. The molecular formula is C20H14IN3OS. The molecule has 0 aliphatic carbocycles. The number of thiazole rings is 1. The highest BCUT2D eigenvalue weighted by atomic mass is 127. The molecule has 1 aliphatic heterocycles. The molecule has 3 heterocycles. The summed E-state index contributed by atoms with van der Waals surface area (Å²) in [6, 6.07) is 16.4. The van der Waals surface area contributed by atoms with E-state index >= 15 is 0 Å². The zero-order valence-electron chi connectivity index (χ0n) is 13.7. The molecule has 26 heavy (non-hydrogen) atoms. The Morgan fingerprint density at radius 2 is 1.96 bits per heavy atom. The topological polar surface area (TPSA) is 49.0 Å². The molecule has 5 rings (SSSR count). The summed E-state index contributed by atoms with van der Waals surface area (Å²) < 4.78 is 1.19. The summed E-state index contributed by atoms with van der Waals surface area (Å²) in [5.41, 5.74) is 4.01. The van der Waals surface area contributed by atoms with Crippen LogP contribution in [-0.4, -0.2) is 22.4 Å². The van der Waals surface area contributed by atoms with Crippen LogP contribution in [0.3, 0.4) is 0 Å². The molecule has 0 atom stereocenters. The zero-order valence-corrected chi connectivity index (χ0v) is 16.7. The number of hydrogen-bond acceptors (Lipinski definition) is 3. The standard InChI is InChI=1S/C20H14IN3OS/c21-14-3-1-12(2-4-14)19-23-17-8-10-24(20(25)18(17)26-19)15-5-6-16-13(11-15)7-9-22-16/h1-7,9,11,22H,8,10H2. The number of aromatic amines is 1. The first-order chi connectivity index (χ1) is 12.7. The van der Waals surface area contributed by atoms with Crippen molar-refractivity contribution in [2.24, 2.45) is 0 Å². The molecule has 0 spiro atoms. The van der Waals surface area contributed by atoms with E-state index in [1.54, 1.807) is 0 Å². The number of aromatic nitrogens is 2. The van der Waals surface area contributed by atoms with Crippen LogP contribution in [0.5, 0.6) is 0 Å². The van der Waals surface area contributed by atoms with E-state index in [4.69, 9.17) is 4.98 Å². The van der Waals surface area contributed by atoms with Gasteiger partial charge in [-0.2, -0.15) is 0 Å². The lowest BCUT2D eigenvalue weighted by Gasteiger charge is -2.26. The van der Waals surface area contributed by atoms with Crippen molar-refractivity contribution in [2.75, 3.05) is 11.4 Å². The maximum Gasteiger partial charge on any atom is 0.270 e. The van der Waals surface area contributed by atoms with Gasteiger partial charge in [-0.3, -0.25) is 4.79 Å². The Labute approximate surface area is 168 Å². The van der Waals surface area contributed by atoms with E-state index in [2.05, 4.69) is 57.9 Å². The van der Waals surface area contributed by atoms with Gasteiger partial charge in [0.05, 0.1) is 5.69 Å². The minimum Gasteiger partial charge on any atom is -0.361 e. The minimum absolute atomic E-state index is 0.0513. The highest BCUT2D eigenvalue weighted by Gasteiger charge is 2.29. The quantitative estimate of drug-likeness (QED) is 0.414. The van der Waals surface area contributed by atoms with Gasteiger partial charge in [-0.25, -0.2) is 4.98 Å². The van der Waals surface area contributed by atoms with Crippen LogP contribution in [0.2, 0.25) is 0 Å². The number of carbonyl (C=O) groups excluding carboxylic acids is 1. The molecule has 0 bridgehead atoms. The Hall–Kier alpha value is -2.19. The van der Waals surface area contributed by atoms with E-state index in [0.29, 0.717) is 6.54 Å². The molecule has 2 aromatic carbocycles. The maximum absolute atomic E-state index is 13.1. The molecule has 4 aromatic rings. The fourth-order valence-electron chi connectivity index (χ4n) is 3.30. The van der Waals surface area contributed by atoms with Gasteiger partial charge < -0.3 is 9.88 Å². The lowest BCUT2D eigenvalue weighted by Crippen LogP contribution is -2.36. The number of halogens is 1. The molecule has 128 valence electrons. The third kappa shape index (κ3) is 2.64. The maximum atomic E-state index is 13.1. The molecule has 6 heteroatoms. The van der Waals surface area contributed by atoms with Crippen molar-refractivity contribution >= 4 is 56.4 Å². The second-order valence-corrected chi connectivity index (χ2v) is 8.50. The number of nitrogens with zero attached hydrogens (tertiary/aromatic N) is 2. The van der Waals surface area contributed by atoms with Crippen LogP contribution < -0.4 is 4.90 Å². The summed E-state index contributed by atoms with van der Waals surface area (Å²) in [4.78, 5) is 23.6. The lowest BCUT2D eigenvalue weighted by atomic mass is 10.1. The molecule has 1 amide bonds. The number of anilines is 1. The normalized spacial score (nSPS) is 14.0. The number of amides is 1. The number of benzene rings is 2. The molecule has 0 saturated heterocycles. The third-order valence-electron chi connectivity index (χ3n) is 4.65. The Morgan fingerprint density at radius 3 is 2.81 bits per heavy atom. The average molecular weight is 471 g/mol. The van der Waals surface area contributed by atoms with Crippen LogP contribution in [-0.2, 0) is 6.42 Å². The van der Waals surface area contributed by atoms with E-state index in [0.717, 1.165) is 44.2 Å². The SMILES string of the molecule is O=C1c2sc(-c3ccc(I)cc3)nc2CCN1c1ccc2[nH]ccc2c1. The van der Waals surface area contributed by atoms with Crippen molar-refractivity contribution in [1.82, 2.24) is 9.97 Å². The van der Waals surface area contributed by atoms with Crippen LogP contribution in [0.25, 0.3) is 21.5 Å². The van der Waals surface area contributed by atoms with Crippen LogP contribution in [0.4, 0.5) is 5.69 Å². The van der Waals surface area contributed by atoms with Gasteiger partial charge in [0.25, 0.3) is 5.91 Å². The summed E-state index contributed by atoms with van der Waals surface area (Å²) in [5.74, 6) is 0.0513. The van der Waals surface area contributed by atoms with Gasteiger partial charge in [-0.05, 0) is 59.0 Å². The average Bonchev–Trinajstić information content (AvgIpc) is 3.29. The predicted octanol–water partition coefficient (Wildman–Crippen LogP) is 5.10. The lowest BCUT2D eigenvalue weighted by molar-refractivity contribution is 0.0984. The van der Waals surface area contributed by atoms with E-state index in [1.165, 1.54) is 14.9 Å². The van der Waals surface area contributed by atoms with Gasteiger partial charge in [0.15, 0.2) is 0 Å². The summed E-state index contributed by atoms with van der Waals surface area (Å²) in [6.45, 7) is 0.664. The predicted molar refractivity (Wildman–Crippen MR) is 114 cm³/mol. The zero-order chi connectivity index (χ0) is 17.7. The Balaban J connectivity index is 1.51. The van der Waals surface area contributed by atoms with Crippen LogP contribution in [0.1, 0.15) is 15.4 Å². The van der Waals surface area contributed by atoms with Crippen molar-refractivity contribution in [3.63, 3.8) is 0 Å². The Kier molecular flexibility index (Phi) is 3.82. The van der Waals surface area contributed by atoms with Crippen LogP contribution in [0, 0.1) is 3.57 Å². The minimum atomic E-state index is 0.0513. The molecule has 4 nitrogen and oxygen atoms in total. The fraction of sp³-hybridized carbons (Fsp3) is 0.100. The van der Waals surface area contributed by atoms with Crippen molar-refractivity contribution in [2.45, 2.75) is 6.42 Å². The number of nitrogens with one attached hydrogen (secondary N) is 1. The van der Waals surface area contributed by atoms with Crippen molar-refractivity contribution in [3.8, 4) is 10.6 Å². The number of hydrogen-bond donors (Lipinski definition) is 1. The molecule has 1 N–H and O–H groups in total. The fourth-order valence-corrected chi connectivity index (χ4v) is 4.73. The van der Waals surface area contributed by atoms with Gasteiger partial charge in [0, 0.05) is 44.9 Å². The van der Waals surface area contributed by atoms with Crippen molar-refractivity contribution in [3.05, 3.63) is 68.9 Å². The van der Waals surface area contributed by atoms with Gasteiger partial charge in [-0.15, -0.1) is 11.3 Å². The van der Waals surface area contributed by atoms with Crippen LogP contribution >= 0.6 is 33.9 Å². The van der Waals surface area contributed by atoms with Gasteiger partial charge in [0.2, 0.25) is 0 Å². The monoisotopic (exact) mass is 471 g/mol. The summed E-state index contributed by atoms with van der Waals surface area (Å²) in [5, 5.41) is 2.03. The van der Waals surface area contributed by atoms with E-state index in [9.17, 15) is 4.79 Å². The number of rotatable bonds is 2. The molecule has 0 unspecified atom stereocenters. The van der Waals surface area contributed by atoms with E-state index in [1.807, 2.05) is 29.3 Å². The molecular weight excluding hydrogens is 457 g/mol. The summed E-state index contributed by atoms with van der Waals surface area (Å²) >= 11 is 3.79. The summed E-state index contributed by atoms with van der Waals surface area (Å²) in [7, 11) is 0. The largest absolute Gasteiger partial charge is 0.361 e. The van der Waals surface area contributed by atoms with Crippen molar-refractivity contribution in [1.29, 1.82) is 0 Å². The van der Waals surface area contributed by atoms with Crippen LogP contribution in [0.15, 0.2) is 54.7 Å². The molecule has 0 fully saturated rings.